The minimum absolute atomic E-state index is 0.0125. The fourth-order valence-corrected chi connectivity index (χ4v) is 2.28. The predicted octanol–water partition coefficient (Wildman–Crippen LogP) is 0.900. The summed E-state index contributed by atoms with van der Waals surface area (Å²) in [5.74, 6) is -0.502. The van der Waals surface area contributed by atoms with Crippen LogP contribution in [0.15, 0.2) is 24.3 Å². The highest BCUT2D eigenvalue weighted by Gasteiger charge is 2.35. The predicted molar refractivity (Wildman–Crippen MR) is 61.3 cm³/mol. The summed E-state index contributed by atoms with van der Waals surface area (Å²) in [6, 6.07) is 6.88. The molecule has 1 heterocycles. The van der Waals surface area contributed by atoms with Gasteiger partial charge in [-0.1, -0.05) is 24.3 Å². The Morgan fingerprint density at radius 3 is 2.76 bits per heavy atom. The van der Waals surface area contributed by atoms with Gasteiger partial charge in [-0.25, -0.2) is 0 Å². The van der Waals surface area contributed by atoms with Crippen LogP contribution < -0.4 is 0 Å². The first-order chi connectivity index (χ1) is 8.13. The van der Waals surface area contributed by atoms with Crippen LogP contribution in [-0.4, -0.2) is 29.3 Å². The van der Waals surface area contributed by atoms with Crippen LogP contribution in [0.2, 0.25) is 0 Å². The smallest absolute Gasteiger partial charge is 0.216 e. The standard InChI is InChI=1S/C13H13NO3/c1-9(16)6-14-7-10-4-2-3-5-11(10)13(14)12(17)8-15/h2-5,8,13H,6-7H2,1H3. The van der Waals surface area contributed by atoms with Gasteiger partial charge in [-0.15, -0.1) is 0 Å². The molecule has 2 rings (SSSR count). The van der Waals surface area contributed by atoms with Gasteiger partial charge in [0.2, 0.25) is 5.78 Å². The van der Waals surface area contributed by atoms with Gasteiger partial charge in [-0.2, -0.15) is 0 Å². The summed E-state index contributed by atoms with van der Waals surface area (Å²) >= 11 is 0. The summed E-state index contributed by atoms with van der Waals surface area (Å²) in [5.41, 5.74) is 1.85. The highest BCUT2D eigenvalue weighted by atomic mass is 16.2. The molecule has 1 unspecified atom stereocenters. The molecular weight excluding hydrogens is 218 g/mol. The Morgan fingerprint density at radius 1 is 1.41 bits per heavy atom. The third kappa shape index (κ3) is 2.17. The van der Waals surface area contributed by atoms with E-state index < -0.39 is 11.8 Å². The highest BCUT2D eigenvalue weighted by Crippen LogP contribution is 2.33. The number of aldehydes is 1. The number of carbonyl (C=O) groups excluding carboxylic acids is 3. The summed E-state index contributed by atoms with van der Waals surface area (Å²) in [4.78, 5) is 35.2. The van der Waals surface area contributed by atoms with E-state index in [1.54, 1.807) is 4.90 Å². The van der Waals surface area contributed by atoms with Crippen LogP contribution in [0.3, 0.4) is 0 Å². The number of ketones is 2. The fraction of sp³-hybridized carbons (Fsp3) is 0.308. The van der Waals surface area contributed by atoms with Crippen LogP contribution in [0.25, 0.3) is 0 Å². The van der Waals surface area contributed by atoms with Gasteiger partial charge in [0.25, 0.3) is 0 Å². The summed E-state index contributed by atoms with van der Waals surface area (Å²) in [6.45, 7) is 2.21. The van der Waals surface area contributed by atoms with Crippen LogP contribution in [0.1, 0.15) is 24.1 Å². The molecule has 1 aliphatic rings. The molecule has 0 amide bonds. The number of nitrogens with zero attached hydrogens (tertiary/aromatic N) is 1. The van der Waals surface area contributed by atoms with Crippen molar-refractivity contribution in [2.24, 2.45) is 0 Å². The van der Waals surface area contributed by atoms with Crippen molar-refractivity contribution in [1.29, 1.82) is 0 Å². The van der Waals surface area contributed by atoms with Gasteiger partial charge in [0, 0.05) is 6.54 Å². The Hall–Kier alpha value is -1.81. The molecule has 0 saturated heterocycles. The summed E-state index contributed by atoms with van der Waals surface area (Å²) < 4.78 is 0. The van der Waals surface area contributed by atoms with Gasteiger partial charge >= 0.3 is 0 Å². The van der Waals surface area contributed by atoms with E-state index in [4.69, 9.17) is 0 Å². The molecule has 0 aromatic heterocycles. The Labute approximate surface area is 99.2 Å². The average molecular weight is 231 g/mol. The molecule has 1 aliphatic heterocycles. The fourth-order valence-electron chi connectivity index (χ4n) is 2.28. The third-order valence-electron chi connectivity index (χ3n) is 2.90. The largest absolute Gasteiger partial charge is 0.299 e. The van der Waals surface area contributed by atoms with E-state index in [9.17, 15) is 14.4 Å². The molecule has 0 spiro atoms. The van der Waals surface area contributed by atoms with Crippen LogP contribution in [0.4, 0.5) is 0 Å². The number of benzene rings is 1. The molecule has 0 fully saturated rings. The first kappa shape index (κ1) is 11.7. The maximum absolute atomic E-state index is 11.6. The van der Waals surface area contributed by atoms with Gasteiger partial charge in [0.15, 0.2) is 6.29 Å². The van der Waals surface area contributed by atoms with E-state index in [1.165, 1.54) is 6.92 Å². The lowest BCUT2D eigenvalue weighted by Crippen LogP contribution is -2.32. The zero-order valence-corrected chi connectivity index (χ0v) is 9.55. The molecule has 1 atom stereocenters. The Morgan fingerprint density at radius 2 is 2.12 bits per heavy atom. The monoisotopic (exact) mass is 231 g/mol. The average Bonchev–Trinajstić information content (AvgIpc) is 2.65. The van der Waals surface area contributed by atoms with Crippen molar-refractivity contribution in [3.8, 4) is 0 Å². The van der Waals surface area contributed by atoms with E-state index in [2.05, 4.69) is 0 Å². The lowest BCUT2D eigenvalue weighted by molar-refractivity contribution is -0.134. The van der Waals surface area contributed by atoms with Gasteiger partial charge in [-0.05, 0) is 18.1 Å². The molecule has 17 heavy (non-hydrogen) atoms. The summed E-state index contributed by atoms with van der Waals surface area (Å²) in [6.07, 6.45) is 0.333. The van der Waals surface area contributed by atoms with Crippen molar-refractivity contribution in [1.82, 2.24) is 4.90 Å². The van der Waals surface area contributed by atoms with E-state index in [1.807, 2.05) is 24.3 Å². The van der Waals surface area contributed by atoms with Crippen molar-refractivity contribution in [2.45, 2.75) is 19.5 Å². The number of Topliss-reactive ketones (excluding diaryl/α,β-unsaturated/α-hetero) is 2. The summed E-state index contributed by atoms with van der Waals surface area (Å²) in [5, 5.41) is 0. The third-order valence-corrected chi connectivity index (χ3v) is 2.90. The lowest BCUT2D eigenvalue weighted by Gasteiger charge is -2.20. The van der Waals surface area contributed by atoms with E-state index in [-0.39, 0.29) is 12.3 Å². The van der Waals surface area contributed by atoms with E-state index in [0.717, 1.165) is 11.1 Å². The minimum atomic E-state index is -0.590. The van der Waals surface area contributed by atoms with Crippen LogP contribution in [-0.2, 0) is 20.9 Å². The zero-order chi connectivity index (χ0) is 12.4. The van der Waals surface area contributed by atoms with Gasteiger partial charge in [-0.3, -0.25) is 19.3 Å². The van der Waals surface area contributed by atoms with Gasteiger partial charge in [0.05, 0.1) is 6.54 Å². The molecule has 1 aromatic rings. The topological polar surface area (TPSA) is 54.5 Å². The van der Waals surface area contributed by atoms with Gasteiger partial charge < -0.3 is 0 Å². The second-order valence-electron chi connectivity index (χ2n) is 4.23. The maximum Gasteiger partial charge on any atom is 0.216 e. The van der Waals surface area contributed by atoms with E-state index >= 15 is 0 Å². The summed E-state index contributed by atoms with van der Waals surface area (Å²) in [7, 11) is 0. The van der Waals surface area contributed by atoms with E-state index in [0.29, 0.717) is 12.8 Å². The molecule has 1 aromatic carbocycles. The molecule has 4 nitrogen and oxygen atoms in total. The van der Waals surface area contributed by atoms with Crippen molar-refractivity contribution in [3.05, 3.63) is 35.4 Å². The molecule has 0 N–H and O–H groups in total. The van der Waals surface area contributed by atoms with Crippen molar-refractivity contribution in [2.75, 3.05) is 6.54 Å². The number of hydrogen-bond donors (Lipinski definition) is 0. The highest BCUT2D eigenvalue weighted by molar-refractivity contribution is 6.27. The second-order valence-corrected chi connectivity index (χ2v) is 4.23. The first-order valence-electron chi connectivity index (χ1n) is 5.44. The number of rotatable bonds is 4. The number of fused-ring (bicyclic) bond motifs is 1. The number of carbonyl (C=O) groups is 3. The Bertz CT molecular complexity index is 481. The molecule has 0 radical (unpaired) electrons. The molecule has 0 aliphatic carbocycles. The molecular formula is C13H13NO3. The maximum atomic E-state index is 11.6. The van der Waals surface area contributed by atoms with Crippen LogP contribution in [0.5, 0.6) is 0 Å². The zero-order valence-electron chi connectivity index (χ0n) is 9.55. The van der Waals surface area contributed by atoms with Crippen molar-refractivity contribution in [3.63, 3.8) is 0 Å². The lowest BCUT2D eigenvalue weighted by atomic mass is 10.0. The first-order valence-corrected chi connectivity index (χ1v) is 5.44. The molecule has 0 saturated carbocycles. The Balaban J connectivity index is 2.36. The quantitative estimate of drug-likeness (QED) is 0.570. The molecule has 88 valence electrons. The molecule has 0 bridgehead atoms. The SMILES string of the molecule is CC(=O)CN1Cc2ccccc2C1C(=O)C=O. The second kappa shape index (κ2) is 4.59. The Kier molecular flexibility index (Phi) is 3.15. The van der Waals surface area contributed by atoms with Gasteiger partial charge in [0.1, 0.15) is 11.8 Å². The van der Waals surface area contributed by atoms with Crippen molar-refractivity contribution >= 4 is 17.9 Å². The molecule has 4 heteroatoms. The number of hydrogen-bond acceptors (Lipinski definition) is 4. The van der Waals surface area contributed by atoms with Crippen LogP contribution >= 0.6 is 0 Å². The van der Waals surface area contributed by atoms with Crippen LogP contribution in [0, 0.1) is 0 Å². The minimum Gasteiger partial charge on any atom is -0.299 e. The normalized spacial score (nSPS) is 18.8. The van der Waals surface area contributed by atoms with Crippen molar-refractivity contribution < 1.29 is 14.4 Å².